The molecule has 0 atom stereocenters. The zero-order valence-corrected chi connectivity index (χ0v) is 11.9. The summed E-state index contributed by atoms with van der Waals surface area (Å²) in [5.74, 6) is 0.682. The Balaban J connectivity index is 2.81. The summed E-state index contributed by atoms with van der Waals surface area (Å²) >= 11 is 0. The second kappa shape index (κ2) is 5.17. The lowest BCUT2D eigenvalue weighted by molar-refractivity contribution is -0.384. The van der Waals surface area contributed by atoms with E-state index in [1.807, 2.05) is 6.07 Å². The summed E-state index contributed by atoms with van der Waals surface area (Å²) in [5, 5.41) is 20.1. The third-order valence-corrected chi connectivity index (χ3v) is 3.48. The molecule has 1 aromatic carbocycles. The topological polar surface area (TPSA) is 107 Å². The zero-order chi connectivity index (χ0) is 15.7. The van der Waals surface area contributed by atoms with Gasteiger partial charge in [-0.05, 0) is 25.5 Å². The van der Waals surface area contributed by atoms with E-state index >= 15 is 0 Å². The Bertz CT molecular complexity index is 772. The average Bonchev–Trinajstić information content (AvgIpc) is 2.68. The smallest absolute Gasteiger partial charge is 0.271 e. The van der Waals surface area contributed by atoms with E-state index in [2.05, 4.69) is 0 Å². The summed E-state index contributed by atoms with van der Waals surface area (Å²) in [5.41, 5.74) is 8.21. The molecule has 0 unspecified atom stereocenters. The van der Waals surface area contributed by atoms with Gasteiger partial charge in [-0.25, -0.2) is 0 Å². The van der Waals surface area contributed by atoms with Crippen LogP contribution >= 0.6 is 0 Å². The summed E-state index contributed by atoms with van der Waals surface area (Å²) < 4.78 is 6.84. The minimum Gasteiger partial charge on any atom is -0.495 e. The number of benzene rings is 1. The van der Waals surface area contributed by atoms with Gasteiger partial charge in [0.1, 0.15) is 17.6 Å². The second-order valence-electron chi connectivity index (χ2n) is 4.53. The van der Waals surface area contributed by atoms with E-state index in [1.54, 1.807) is 18.4 Å². The van der Waals surface area contributed by atoms with Crippen LogP contribution in [-0.4, -0.2) is 16.6 Å². The third kappa shape index (κ3) is 2.17. The molecule has 0 amide bonds. The molecule has 7 heteroatoms. The van der Waals surface area contributed by atoms with E-state index in [9.17, 15) is 15.4 Å². The maximum absolute atomic E-state index is 11.0. The molecule has 21 heavy (non-hydrogen) atoms. The summed E-state index contributed by atoms with van der Waals surface area (Å²) in [6.07, 6.45) is 0. The van der Waals surface area contributed by atoms with E-state index in [-0.39, 0.29) is 11.5 Å². The molecule has 2 aromatic rings. The fourth-order valence-corrected chi connectivity index (χ4v) is 2.25. The normalized spacial score (nSPS) is 10.2. The van der Waals surface area contributed by atoms with Crippen LogP contribution in [0.5, 0.6) is 5.75 Å². The number of rotatable bonds is 3. The van der Waals surface area contributed by atoms with Crippen molar-refractivity contribution < 1.29 is 9.66 Å². The Hall–Kier alpha value is -3.01. The van der Waals surface area contributed by atoms with Gasteiger partial charge in [0.2, 0.25) is 0 Å². The van der Waals surface area contributed by atoms with Crippen LogP contribution in [0.25, 0.3) is 5.69 Å². The first-order valence-electron chi connectivity index (χ1n) is 6.12. The highest BCUT2D eigenvalue weighted by atomic mass is 16.6. The predicted molar refractivity (Wildman–Crippen MR) is 77.6 cm³/mol. The van der Waals surface area contributed by atoms with Gasteiger partial charge in [0.05, 0.1) is 23.3 Å². The van der Waals surface area contributed by atoms with Gasteiger partial charge in [-0.3, -0.25) is 14.7 Å². The maximum atomic E-state index is 11.0. The van der Waals surface area contributed by atoms with Crippen molar-refractivity contribution in [2.45, 2.75) is 13.8 Å². The molecule has 0 spiro atoms. The molecule has 108 valence electrons. The van der Waals surface area contributed by atoms with Crippen molar-refractivity contribution in [2.24, 2.45) is 0 Å². The Morgan fingerprint density at radius 3 is 2.57 bits per heavy atom. The van der Waals surface area contributed by atoms with Crippen LogP contribution in [0.15, 0.2) is 18.2 Å². The van der Waals surface area contributed by atoms with E-state index in [0.29, 0.717) is 17.0 Å². The van der Waals surface area contributed by atoms with Crippen molar-refractivity contribution in [1.82, 2.24) is 4.57 Å². The maximum Gasteiger partial charge on any atom is 0.271 e. The zero-order valence-electron chi connectivity index (χ0n) is 11.9. The lowest BCUT2D eigenvalue weighted by atomic mass is 10.2. The number of nitriles is 1. The Morgan fingerprint density at radius 2 is 2.10 bits per heavy atom. The summed E-state index contributed by atoms with van der Waals surface area (Å²) in [7, 11) is 1.47. The lowest BCUT2D eigenvalue weighted by Crippen LogP contribution is -2.05. The van der Waals surface area contributed by atoms with Crippen LogP contribution in [0, 0.1) is 35.3 Å². The molecule has 0 aliphatic rings. The van der Waals surface area contributed by atoms with Crippen LogP contribution in [0.4, 0.5) is 11.5 Å². The molecule has 0 bridgehead atoms. The SMILES string of the molecule is COc1ccc([N+](=O)[O-])cc1-n1c(C)c(C)c(C#N)c1N. The van der Waals surface area contributed by atoms with Gasteiger partial charge in [-0.2, -0.15) is 5.26 Å². The number of nitrogen functional groups attached to an aromatic ring is 1. The van der Waals surface area contributed by atoms with E-state index in [4.69, 9.17) is 10.5 Å². The van der Waals surface area contributed by atoms with E-state index < -0.39 is 4.92 Å². The number of nitro benzene ring substituents is 1. The van der Waals surface area contributed by atoms with Crippen LogP contribution in [0.1, 0.15) is 16.8 Å². The first-order chi connectivity index (χ1) is 9.92. The molecule has 2 rings (SSSR count). The molecule has 0 aliphatic carbocycles. The Labute approximate surface area is 121 Å². The Morgan fingerprint density at radius 1 is 1.43 bits per heavy atom. The van der Waals surface area contributed by atoms with Crippen molar-refractivity contribution in [3.05, 3.63) is 45.1 Å². The standard InChI is InChI=1S/C14H14N4O3/c1-8-9(2)17(14(16)11(8)7-15)12-6-10(18(19)20)4-5-13(12)21-3/h4-6H,16H2,1-3H3. The molecule has 7 nitrogen and oxygen atoms in total. The highest BCUT2D eigenvalue weighted by Crippen LogP contribution is 2.34. The van der Waals surface area contributed by atoms with Gasteiger partial charge < -0.3 is 10.5 Å². The number of nitrogens with zero attached hydrogens (tertiary/aromatic N) is 3. The van der Waals surface area contributed by atoms with Crippen LogP contribution < -0.4 is 10.5 Å². The lowest BCUT2D eigenvalue weighted by Gasteiger charge is -2.13. The molecule has 0 saturated carbocycles. The van der Waals surface area contributed by atoms with Crippen LogP contribution in [-0.2, 0) is 0 Å². The molecule has 1 heterocycles. The van der Waals surface area contributed by atoms with Crippen molar-refractivity contribution >= 4 is 11.5 Å². The molecule has 0 aliphatic heterocycles. The van der Waals surface area contributed by atoms with E-state index in [0.717, 1.165) is 11.3 Å². The minimum atomic E-state index is -0.490. The monoisotopic (exact) mass is 286 g/mol. The molecule has 2 N–H and O–H groups in total. The van der Waals surface area contributed by atoms with Gasteiger partial charge in [-0.15, -0.1) is 0 Å². The molecule has 0 radical (unpaired) electrons. The number of nitrogens with two attached hydrogens (primary N) is 1. The fourth-order valence-electron chi connectivity index (χ4n) is 2.25. The van der Waals surface area contributed by atoms with E-state index in [1.165, 1.54) is 25.3 Å². The fraction of sp³-hybridized carbons (Fsp3) is 0.214. The molecule has 1 aromatic heterocycles. The van der Waals surface area contributed by atoms with Crippen molar-refractivity contribution in [3.8, 4) is 17.5 Å². The third-order valence-electron chi connectivity index (χ3n) is 3.48. The van der Waals surface area contributed by atoms with Crippen molar-refractivity contribution in [2.75, 3.05) is 12.8 Å². The molecule has 0 saturated heterocycles. The van der Waals surface area contributed by atoms with Gasteiger partial charge >= 0.3 is 0 Å². The number of methoxy groups -OCH3 is 1. The highest BCUT2D eigenvalue weighted by Gasteiger charge is 2.21. The Kier molecular flexibility index (Phi) is 3.54. The number of nitro groups is 1. The van der Waals surface area contributed by atoms with Gasteiger partial charge in [0.15, 0.2) is 0 Å². The second-order valence-corrected chi connectivity index (χ2v) is 4.53. The van der Waals surface area contributed by atoms with Gasteiger partial charge in [0.25, 0.3) is 5.69 Å². The van der Waals surface area contributed by atoms with Gasteiger partial charge in [-0.1, -0.05) is 0 Å². The number of non-ortho nitro benzene ring substituents is 1. The number of hydrogen-bond donors (Lipinski definition) is 1. The quantitative estimate of drug-likeness (QED) is 0.688. The number of anilines is 1. The van der Waals surface area contributed by atoms with Crippen molar-refractivity contribution in [3.63, 3.8) is 0 Å². The molecular weight excluding hydrogens is 272 g/mol. The number of aromatic nitrogens is 1. The first kappa shape index (κ1) is 14.4. The first-order valence-corrected chi connectivity index (χ1v) is 6.12. The minimum absolute atomic E-state index is 0.0746. The van der Waals surface area contributed by atoms with Crippen LogP contribution in [0.3, 0.4) is 0 Å². The summed E-state index contributed by atoms with van der Waals surface area (Å²) in [6.45, 7) is 3.58. The molecule has 0 fully saturated rings. The summed E-state index contributed by atoms with van der Waals surface area (Å²) in [4.78, 5) is 10.5. The van der Waals surface area contributed by atoms with Crippen LogP contribution in [0.2, 0.25) is 0 Å². The van der Waals surface area contributed by atoms with Gasteiger partial charge in [0, 0.05) is 17.8 Å². The average molecular weight is 286 g/mol. The summed E-state index contributed by atoms with van der Waals surface area (Å²) in [6, 6.07) is 6.29. The van der Waals surface area contributed by atoms with Crippen molar-refractivity contribution in [1.29, 1.82) is 5.26 Å². The number of ether oxygens (including phenoxy) is 1. The molecular formula is C14H14N4O3. The predicted octanol–water partition coefficient (Wildman–Crippen LogP) is 2.46. The highest BCUT2D eigenvalue weighted by molar-refractivity contribution is 5.66. The largest absolute Gasteiger partial charge is 0.495 e. The number of hydrogen-bond acceptors (Lipinski definition) is 5.